The summed E-state index contributed by atoms with van der Waals surface area (Å²) in [4.78, 5) is 0. The minimum absolute atomic E-state index is 0.932. The fraction of sp³-hybridized carbons (Fsp3) is 0.222. The van der Waals surface area contributed by atoms with Crippen LogP contribution in [0.4, 0.5) is 5.69 Å². The van der Waals surface area contributed by atoms with Crippen LogP contribution >= 0.6 is 0 Å². The average Bonchev–Trinajstić information content (AvgIpc) is 2.45. The van der Waals surface area contributed by atoms with Crippen molar-refractivity contribution in [3.05, 3.63) is 65.7 Å². The predicted octanol–water partition coefficient (Wildman–Crippen LogP) is 3.69. The number of hydrogen-bond donors (Lipinski definition) is 2. The van der Waals surface area contributed by atoms with Crippen molar-refractivity contribution >= 4 is 5.69 Å². The lowest BCUT2D eigenvalue weighted by molar-refractivity contribution is 0.656. The summed E-state index contributed by atoms with van der Waals surface area (Å²) in [6, 6.07) is 19.1. The zero-order valence-corrected chi connectivity index (χ0v) is 11.8. The maximum atomic E-state index is 3.49. The summed E-state index contributed by atoms with van der Waals surface area (Å²) in [5.74, 6) is 0. The monoisotopic (exact) mass is 264 g/mol. The van der Waals surface area contributed by atoms with Crippen molar-refractivity contribution in [3.63, 3.8) is 0 Å². The first-order valence-corrected chi connectivity index (χ1v) is 7.10. The van der Waals surface area contributed by atoms with Crippen molar-refractivity contribution in [3.8, 4) is 11.1 Å². The van der Waals surface area contributed by atoms with Gasteiger partial charge in [0.1, 0.15) is 0 Å². The Labute approximate surface area is 120 Å². The Hall–Kier alpha value is -2.06. The van der Waals surface area contributed by atoms with E-state index in [1.807, 2.05) is 6.07 Å². The van der Waals surface area contributed by atoms with Crippen LogP contribution in [-0.2, 0) is 0 Å². The molecule has 0 spiro atoms. The number of hydrogen-bond acceptors (Lipinski definition) is 2. The SMILES string of the molecule is CC(CNc1ccc(-c2ccccc2)cc1)=C1CNC1. The van der Waals surface area contributed by atoms with Crippen LogP contribution in [0.5, 0.6) is 0 Å². The molecule has 2 aromatic carbocycles. The van der Waals surface area contributed by atoms with Gasteiger partial charge in [0.05, 0.1) is 0 Å². The molecule has 1 aliphatic heterocycles. The van der Waals surface area contributed by atoms with Gasteiger partial charge in [-0.15, -0.1) is 0 Å². The Bertz CT molecular complexity index is 591. The molecule has 102 valence electrons. The van der Waals surface area contributed by atoms with Gasteiger partial charge in [0, 0.05) is 25.3 Å². The standard InChI is InChI=1S/C18H20N2/c1-14(17-12-19-13-17)11-20-18-9-7-16(8-10-18)15-5-3-2-4-6-15/h2-10,19-20H,11-13H2,1H3. The summed E-state index contributed by atoms with van der Waals surface area (Å²) in [6.45, 7) is 5.25. The van der Waals surface area contributed by atoms with Crippen LogP contribution in [0, 0.1) is 0 Å². The Kier molecular flexibility index (Phi) is 3.84. The highest BCUT2D eigenvalue weighted by molar-refractivity contribution is 5.65. The minimum atomic E-state index is 0.932. The molecule has 20 heavy (non-hydrogen) atoms. The van der Waals surface area contributed by atoms with Crippen LogP contribution in [0.2, 0.25) is 0 Å². The average molecular weight is 264 g/mol. The highest BCUT2D eigenvalue weighted by atomic mass is 14.9. The lowest BCUT2D eigenvalue weighted by Crippen LogP contribution is -2.35. The topological polar surface area (TPSA) is 24.1 Å². The van der Waals surface area contributed by atoms with E-state index in [0.717, 1.165) is 19.6 Å². The van der Waals surface area contributed by atoms with Gasteiger partial charge in [-0.1, -0.05) is 48.0 Å². The number of anilines is 1. The Balaban J connectivity index is 1.64. The molecule has 2 heteroatoms. The van der Waals surface area contributed by atoms with Gasteiger partial charge >= 0.3 is 0 Å². The van der Waals surface area contributed by atoms with Crippen LogP contribution in [-0.4, -0.2) is 19.6 Å². The second-order valence-corrected chi connectivity index (χ2v) is 5.28. The van der Waals surface area contributed by atoms with Crippen LogP contribution in [0.25, 0.3) is 11.1 Å². The summed E-state index contributed by atoms with van der Waals surface area (Å²) in [7, 11) is 0. The highest BCUT2D eigenvalue weighted by Crippen LogP contribution is 2.21. The molecule has 0 aromatic heterocycles. The summed E-state index contributed by atoms with van der Waals surface area (Å²) in [6.07, 6.45) is 0. The number of rotatable bonds is 4. The second-order valence-electron chi connectivity index (χ2n) is 5.28. The second kappa shape index (κ2) is 5.93. The molecule has 0 amide bonds. The van der Waals surface area contributed by atoms with Gasteiger partial charge in [-0.05, 0) is 35.8 Å². The Morgan fingerprint density at radius 3 is 2.20 bits per heavy atom. The molecule has 0 atom stereocenters. The fourth-order valence-corrected chi connectivity index (χ4v) is 2.32. The highest BCUT2D eigenvalue weighted by Gasteiger charge is 2.10. The summed E-state index contributed by atoms with van der Waals surface area (Å²) < 4.78 is 0. The third-order valence-electron chi connectivity index (χ3n) is 3.83. The van der Waals surface area contributed by atoms with Crippen molar-refractivity contribution in [2.75, 3.05) is 25.0 Å². The fourth-order valence-electron chi connectivity index (χ4n) is 2.32. The van der Waals surface area contributed by atoms with Gasteiger partial charge in [0.25, 0.3) is 0 Å². The summed E-state index contributed by atoms with van der Waals surface area (Å²) in [5, 5.41) is 6.77. The molecule has 2 nitrogen and oxygen atoms in total. The smallest absolute Gasteiger partial charge is 0.0361 e. The number of benzene rings is 2. The first kappa shape index (κ1) is 12.9. The van der Waals surface area contributed by atoms with E-state index < -0.39 is 0 Å². The van der Waals surface area contributed by atoms with E-state index in [1.165, 1.54) is 22.4 Å². The molecule has 1 saturated heterocycles. The molecule has 1 aliphatic rings. The Morgan fingerprint density at radius 2 is 1.60 bits per heavy atom. The van der Waals surface area contributed by atoms with E-state index in [0.29, 0.717) is 0 Å². The Morgan fingerprint density at radius 1 is 0.950 bits per heavy atom. The van der Waals surface area contributed by atoms with Crippen molar-refractivity contribution in [1.82, 2.24) is 5.32 Å². The van der Waals surface area contributed by atoms with Crippen LogP contribution in [0.3, 0.4) is 0 Å². The molecule has 1 heterocycles. The molecule has 0 unspecified atom stereocenters. The molecule has 2 N–H and O–H groups in total. The molecular formula is C18H20N2. The first-order chi connectivity index (χ1) is 9.83. The van der Waals surface area contributed by atoms with Crippen LogP contribution in [0.15, 0.2) is 65.7 Å². The van der Waals surface area contributed by atoms with Gasteiger partial charge in [-0.2, -0.15) is 0 Å². The quantitative estimate of drug-likeness (QED) is 0.823. The van der Waals surface area contributed by atoms with E-state index in [2.05, 4.69) is 66.1 Å². The molecular weight excluding hydrogens is 244 g/mol. The zero-order valence-electron chi connectivity index (χ0n) is 11.8. The van der Waals surface area contributed by atoms with Gasteiger partial charge < -0.3 is 10.6 Å². The van der Waals surface area contributed by atoms with Crippen molar-refractivity contribution in [2.24, 2.45) is 0 Å². The van der Waals surface area contributed by atoms with Gasteiger partial charge in [-0.25, -0.2) is 0 Å². The molecule has 0 aliphatic carbocycles. The third kappa shape index (κ3) is 2.91. The zero-order chi connectivity index (χ0) is 13.8. The normalized spacial score (nSPS) is 13.8. The van der Waals surface area contributed by atoms with Gasteiger partial charge in [0.15, 0.2) is 0 Å². The maximum absolute atomic E-state index is 3.49. The van der Waals surface area contributed by atoms with E-state index in [9.17, 15) is 0 Å². The van der Waals surface area contributed by atoms with E-state index in [4.69, 9.17) is 0 Å². The lowest BCUT2D eigenvalue weighted by atomic mass is 10.0. The minimum Gasteiger partial charge on any atom is -0.381 e. The van der Waals surface area contributed by atoms with Crippen molar-refractivity contribution in [1.29, 1.82) is 0 Å². The van der Waals surface area contributed by atoms with Gasteiger partial charge in [-0.3, -0.25) is 0 Å². The van der Waals surface area contributed by atoms with E-state index in [-0.39, 0.29) is 0 Å². The molecule has 0 saturated carbocycles. The van der Waals surface area contributed by atoms with E-state index >= 15 is 0 Å². The summed E-state index contributed by atoms with van der Waals surface area (Å²) >= 11 is 0. The maximum Gasteiger partial charge on any atom is 0.0361 e. The largest absolute Gasteiger partial charge is 0.381 e. The molecule has 3 rings (SSSR count). The predicted molar refractivity (Wildman–Crippen MR) is 85.9 cm³/mol. The lowest BCUT2D eigenvalue weighted by Gasteiger charge is -2.22. The third-order valence-corrected chi connectivity index (χ3v) is 3.83. The van der Waals surface area contributed by atoms with Gasteiger partial charge in [0.2, 0.25) is 0 Å². The molecule has 0 bridgehead atoms. The summed E-state index contributed by atoms with van der Waals surface area (Å²) in [5.41, 5.74) is 6.69. The van der Waals surface area contributed by atoms with Crippen LogP contribution < -0.4 is 10.6 Å². The van der Waals surface area contributed by atoms with Crippen molar-refractivity contribution < 1.29 is 0 Å². The number of nitrogens with one attached hydrogen (secondary N) is 2. The first-order valence-electron chi connectivity index (χ1n) is 7.10. The van der Waals surface area contributed by atoms with Crippen LogP contribution in [0.1, 0.15) is 6.92 Å². The molecule has 1 fully saturated rings. The molecule has 0 radical (unpaired) electrons. The van der Waals surface area contributed by atoms with E-state index in [1.54, 1.807) is 5.57 Å². The van der Waals surface area contributed by atoms with Crippen molar-refractivity contribution in [2.45, 2.75) is 6.92 Å². The molecule has 2 aromatic rings.